The summed E-state index contributed by atoms with van der Waals surface area (Å²) in [4.78, 5) is 3.14. The Morgan fingerprint density at radius 3 is 2.38 bits per heavy atom. The maximum absolute atomic E-state index is 9.80. The van der Waals surface area contributed by atoms with Crippen LogP contribution in [0.3, 0.4) is 0 Å². The molecule has 108 valence electrons. The Kier molecular flexibility index (Phi) is 7.07. The van der Waals surface area contributed by atoms with Crippen LogP contribution in [0, 0.1) is 10.7 Å². The van der Waals surface area contributed by atoms with Gasteiger partial charge in [-0.15, -0.1) is 0 Å². The van der Waals surface area contributed by atoms with Gasteiger partial charge in [-0.3, -0.25) is 0 Å². The van der Waals surface area contributed by atoms with Crippen LogP contribution in [0.1, 0.15) is 12.0 Å². The van der Waals surface area contributed by atoms with Crippen LogP contribution in [0.15, 0.2) is 60.7 Å². The second kappa shape index (κ2) is 9.39. The number of rotatable bonds is 6. The summed E-state index contributed by atoms with van der Waals surface area (Å²) < 4.78 is 6.74. The molecule has 0 saturated carbocycles. The molecule has 0 aromatic heterocycles. The van der Waals surface area contributed by atoms with Crippen molar-refractivity contribution in [1.29, 1.82) is 0 Å². The molecule has 0 saturated heterocycles. The summed E-state index contributed by atoms with van der Waals surface area (Å²) >= 11 is 0.159. The predicted molar refractivity (Wildman–Crippen MR) is 86.3 cm³/mol. The van der Waals surface area contributed by atoms with E-state index < -0.39 is 6.10 Å². The Bertz CT molecular complexity index is 572. The first-order valence-electron chi connectivity index (χ1n) is 6.84. The van der Waals surface area contributed by atoms with Gasteiger partial charge in [0.2, 0.25) is 0 Å². The quantitative estimate of drug-likeness (QED) is 0.641. The van der Waals surface area contributed by atoms with Crippen molar-refractivity contribution in [1.82, 2.24) is 0 Å². The number of ether oxygens (including phenoxy) is 1. The van der Waals surface area contributed by atoms with Gasteiger partial charge in [-0.1, -0.05) is 0 Å². The number of hydrogen-bond acceptors (Lipinski definition) is 2. The van der Waals surface area contributed by atoms with E-state index in [1.165, 1.54) is 4.46 Å². The first-order chi connectivity index (χ1) is 10.3. The number of benzene rings is 2. The van der Waals surface area contributed by atoms with E-state index in [1.54, 1.807) is 0 Å². The molecule has 0 aliphatic rings. The summed E-state index contributed by atoms with van der Waals surface area (Å²) in [6, 6.07) is 20.1. The molecule has 0 fully saturated rings. The topological polar surface area (TPSA) is 29.5 Å². The Hall–Kier alpha value is -1.56. The van der Waals surface area contributed by atoms with Crippen LogP contribution >= 0.6 is 0 Å². The first kappa shape index (κ1) is 15.8. The summed E-state index contributed by atoms with van der Waals surface area (Å²) in [5, 5.41) is 9.80. The normalized spacial score (nSPS) is 11.5. The fourth-order valence-electron chi connectivity index (χ4n) is 1.69. The molecule has 0 radical (unpaired) electrons. The fraction of sp³-hybridized carbons (Fsp3) is 0.222. The third-order valence-electron chi connectivity index (χ3n) is 2.74. The molecule has 3 heteroatoms. The number of aliphatic hydroxyl groups is 1. The number of hydrogen-bond donors (Lipinski definition) is 1. The molecule has 2 nitrogen and oxygen atoms in total. The third kappa shape index (κ3) is 6.62. The third-order valence-corrected chi connectivity index (χ3v) is 4.33. The van der Waals surface area contributed by atoms with E-state index in [9.17, 15) is 5.11 Å². The van der Waals surface area contributed by atoms with Crippen LogP contribution in [0.5, 0.6) is 0 Å². The van der Waals surface area contributed by atoms with Gasteiger partial charge >= 0.3 is 132 Å². The van der Waals surface area contributed by atoms with Gasteiger partial charge in [-0.25, -0.2) is 0 Å². The van der Waals surface area contributed by atoms with Crippen LogP contribution in [-0.2, 0) is 11.3 Å². The molecule has 0 amide bonds. The molecule has 2 aromatic rings. The van der Waals surface area contributed by atoms with Gasteiger partial charge in [0.05, 0.1) is 0 Å². The molecule has 0 spiro atoms. The molecule has 2 rings (SSSR count). The zero-order valence-electron chi connectivity index (χ0n) is 11.7. The van der Waals surface area contributed by atoms with Gasteiger partial charge in [-0.2, -0.15) is 0 Å². The van der Waals surface area contributed by atoms with Crippen molar-refractivity contribution in [3.05, 3.63) is 66.2 Å². The summed E-state index contributed by atoms with van der Waals surface area (Å²) in [7, 11) is 0. The van der Waals surface area contributed by atoms with Crippen molar-refractivity contribution in [2.24, 2.45) is 0 Å². The van der Waals surface area contributed by atoms with Crippen LogP contribution in [0.4, 0.5) is 0 Å². The Labute approximate surface area is 132 Å². The average Bonchev–Trinajstić information content (AvgIpc) is 2.54. The summed E-state index contributed by atoms with van der Waals surface area (Å²) in [5.74, 6) is 3.03. The van der Waals surface area contributed by atoms with E-state index >= 15 is 0 Å². The van der Waals surface area contributed by atoms with Crippen molar-refractivity contribution in [2.75, 3.05) is 6.61 Å². The standard InChI is InChI=1S/C18H18O2Se/c19-17(15-20-14-16-8-3-1-4-9-16)10-7-13-21-18-11-5-2-6-12-18/h1-6,8-9,11-12,17,19H,10,14-15H2. The average molecular weight is 345 g/mol. The van der Waals surface area contributed by atoms with Crippen molar-refractivity contribution >= 4 is 19.4 Å². The van der Waals surface area contributed by atoms with Crippen molar-refractivity contribution in [2.45, 2.75) is 19.1 Å². The summed E-state index contributed by atoms with van der Waals surface area (Å²) in [5.41, 5.74) is 1.11. The Morgan fingerprint density at radius 1 is 1.00 bits per heavy atom. The molecule has 1 unspecified atom stereocenters. The zero-order valence-corrected chi connectivity index (χ0v) is 13.4. The molecular formula is C18H18O2Se. The van der Waals surface area contributed by atoms with Gasteiger partial charge in [0, 0.05) is 0 Å². The van der Waals surface area contributed by atoms with Crippen molar-refractivity contribution in [3.8, 4) is 10.7 Å². The van der Waals surface area contributed by atoms with E-state index in [2.05, 4.69) is 22.9 Å². The predicted octanol–water partition coefficient (Wildman–Crippen LogP) is 1.94. The van der Waals surface area contributed by atoms with Gasteiger partial charge in [-0.05, 0) is 0 Å². The zero-order chi connectivity index (χ0) is 14.8. The van der Waals surface area contributed by atoms with Crippen LogP contribution in [0.25, 0.3) is 0 Å². The van der Waals surface area contributed by atoms with Gasteiger partial charge < -0.3 is 0 Å². The Balaban J connectivity index is 1.63. The van der Waals surface area contributed by atoms with Crippen molar-refractivity contribution in [3.63, 3.8) is 0 Å². The van der Waals surface area contributed by atoms with Gasteiger partial charge in [0.15, 0.2) is 0 Å². The molecular weight excluding hydrogens is 327 g/mol. The molecule has 0 heterocycles. The first-order valence-corrected chi connectivity index (χ1v) is 8.55. The molecule has 0 bridgehead atoms. The fourth-order valence-corrected chi connectivity index (χ4v) is 2.88. The van der Waals surface area contributed by atoms with Crippen LogP contribution < -0.4 is 4.46 Å². The van der Waals surface area contributed by atoms with E-state index in [4.69, 9.17) is 4.74 Å². The molecule has 21 heavy (non-hydrogen) atoms. The van der Waals surface area contributed by atoms with Crippen LogP contribution in [0.2, 0.25) is 0 Å². The number of aliphatic hydroxyl groups excluding tert-OH is 1. The molecule has 1 N–H and O–H groups in total. The maximum atomic E-state index is 9.80. The van der Waals surface area contributed by atoms with E-state index in [-0.39, 0.29) is 15.0 Å². The minimum atomic E-state index is -0.521. The second-order valence-corrected chi connectivity index (χ2v) is 6.40. The van der Waals surface area contributed by atoms with Gasteiger partial charge in [0.1, 0.15) is 0 Å². The summed E-state index contributed by atoms with van der Waals surface area (Å²) in [6.45, 7) is 0.848. The van der Waals surface area contributed by atoms with E-state index in [0.29, 0.717) is 19.6 Å². The molecule has 0 aliphatic carbocycles. The molecule has 1 atom stereocenters. The second-order valence-electron chi connectivity index (χ2n) is 4.55. The molecule has 0 aliphatic heterocycles. The minimum absolute atomic E-state index is 0.159. The monoisotopic (exact) mass is 346 g/mol. The van der Waals surface area contributed by atoms with Gasteiger partial charge in [0.25, 0.3) is 0 Å². The van der Waals surface area contributed by atoms with E-state index in [1.807, 2.05) is 48.5 Å². The SMILES string of the molecule is OC(CC#C[Se]c1ccccc1)COCc1ccccc1. The van der Waals surface area contributed by atoms with E-state index in [0.717, 1.165) is 5.56 Å². The molecule has 2 aromatic carbocycles. The van der Waals surface area contributed by atoms with Crippen molar-refractivity contribution < 1.29 is 9.84 Å². The van der Waals surface area contributed by atoms with Crippen LogP contribution in [-0.4, -0.2) is 32.8 Å². The Morgan fingerprint density at radius 2 is 1.67 bits per heavy atom. The summed E-state index contributed by atoms with van der Waals surface area (Å²) in [6.07, 6.45) is -0.0589.